The molecule has 3 atom stereocenters. The zero-order chi connectivity index (χ0) is 15.6. The van der Waals surface area contributed by atoms with Crippen molar-refractivity contribution < 1.29 is 9.53 Å². The van der Waals surface area contributed by atoms with Crippen molar-refractivity contribution in [3.8, 4) is 0 Å². The van der Waals surface area contributed by atoms with Gasteiger partial charge in [-0.3, -0.25) is 9.69 Å². The van der Waals surface area contributed by atoms with Crippen LogP contribution in [0.4, 0.5) is 11.4 Å². The van der Waals surface area contributed by atoms with Crippen molar-refractivity contribution in [1.29, 1.82) is 0 Å². The molecule has 5 nitrogen and oxygen atoms in total. The Bertz CT molecular complexity index is 514. The topological polar surface area (TPSA) is 67.6 Å². The van der Waals surface area contributed by atoms with Crippen LogP contribution in [0.2, 0.25) is 5.02 Å². The average Bonchev–Trinajstić information content (AvgIpc) is 2.40. The van der Waals surface area contributed by atoms with E-state index in [4.69, 9.17) is 22.1 Å². The van der Waals surface area contributed by atoms with Crippen molar-refractivity contribution in [2.24, 2.45) is 0 Å². The zero-order valence-electron chi connectivity index (χ0n) is 12.6. The van der Waals surface area contributed by atoms with E-state index in [1.807, 2.05) is 20.8 Å². The summed E-state index contributed by atoms with van der Waals surface area (Å²) < 4.78 is 5.69. The molecule has 21 heavy (non-hydrogen) atoms. The number of amides is 1. The number of morpholine rings is 1. The lowest BCUT2D eigenvalue weighted by atomic mass is 10.1. The minimum atomic E-state index is -0.242. The Morgan fingerprint density at radius 2 is 2.05 bits per heavy atom. The number of nitrogen functional groups attached to an aromatic ring is 1. The van der Waals surface area contributed by atoms with E-state index in [2.05, 4.69) is 10.2 Å². The molecule has 6 heteroatoms. The van der Waals surface area contributed by atoms with Gasteiger partial charge in [0.05, 0.1) is 29.6 Å². The van der Waals surface area contributed by atoms with Crippen molar-refractivity contribution >= 4 is 28.9 Å². The number of nitrogens with two attached hydrogens (primary N) is 1. The third kappa shape index (κ3) is 4.09. The molecule has 1 aliphatic heterocycles. The van der Waals surface area contributed by atoms with Crippen molar-refractivity contribution in [3.63, 3.8) is 0 Å². The van der Waals surface area contributed by atoms with E-state index in [0.29, 0.717) is 16.4 Å². The molecule has 2 rings (SSSR count). The fourth-order valence-electron chi connectivity index (χ4n) is 2.58. The third-order valence-corrected chi connectivity index (χ3v) is 3.88. The maximum atomic E-state index is 12.4. The number of anilines is 2. The van der Waals surface area contributed by atoms with Crippen LogP contribution in [0.5, 0.6) is 0 Å². The standard InChI is InChI=1S/C15H22ClN3O2/c1-9-7-19(8-10(2)21-9)11(3)15(20)18-14-5-4-12(16)6-13(14)17/h4-6,9-11H,7-8,17H2,1-3H3,(H,18,20)/t9-,10+,11?. The summed E-state index contributed by atoms with van der Waals surface area (Å²) in [4.78, 5) is 14.5. The smallest absolute Gasteiger partial charge is 0.241 e. The molecule has 1 aromatic rings. The maximum Gasteiger partial charge on any atom is 0.241 e. The first-order chi connectivity index (χ1) is 9.86. The summed E-state index contributed by atoms with van der Waals surface area (Å²) in [5, 5.41) is 3.41. The van der Waals surface area contributed by atoms with Gasteiger partial charge in [-0.05, 0) is 39.0 Å². The van der Waals surface area contributed by atoms with Gasteiger partial charge in [0.2, 0.25) is 5.91 Å². The van der Waals surface area contributed by atoms with Gasteiger partial charge < -0.3 is 15.8 Å². The molecule has 0 bridgehead atoms. The molecule has 1 aromatic carbocycles. The van der Waals surface area contributed by atoms with E-state index in [0.717, 1.165) is 13.1 Å². The minimum Gasteiger partial charge on any atom is -0.397 e. The summed E-state index contributed by atoms with van der Waals surface area (Å²) >= 11 is 5.86. The SMILES string of the molecule is CC(C(=O)Nc1ccc(Cl)cc1N)N1C[C@@H](C)O[C@@H](C)C1. The molecule has 1 unspecified atom stereocenters. The van der Waals surface area contributed by atoms with Gasteiger partial charge in [0, 0.05) is 18.1 Å². The Hall–Kier alpha value is -1.30. The molecule has 1 aliphatic rings. The highest BCUT2D eigenvalue weighted by Crippen LogP contribution is 2.23. The highest BCUT2D eigenvalue weighted by Gasteiger charge is 2.29. The fourth-order valence-corrected chi connectivity index (χ4v) is 2.76. The largest absolute Gasteiger partial charge is 0.397 e. The first kappa shape index (κ1) is 16.1. The molecule has 116 valence electrons. The van der Waals surface area contributed by atoms with Gasteiger partial charge in [-0.25, -0.2) is 0 Å². The van der Waals surface area contributed by atoms with Crippen LogP contribution in [0.1, 0.15) is 20.8 Å². The first-order valence-corrected chi connectivity index (χ1v) is 7.50. The number of benzene rings is 1. The number of nitrogens with one attached hydrogen (secondary N) is 1. The number of hydrogen-bond acceptors (Lipinski definition) is 4. The number of carbonyl (C=O) groups is 1. The van der Waals surface area contributed by atoms with E-state index in [-0.39, 0.29) is 24.2 Å². The zero-order valence-corrected chi connectivity index (χ0v) is 13.4. The number of rotatable bonds is 3. The van der Waals surface area contributed by atoms with Crippen LogP contribution in [-0.2, 0) is 9.53 Å². The normalized spacial score (nSPS) is 24.6. The van der Waals surface area contributed by atoms with Crippen LogP contribution in [-0.4, -0.2) is 42.1 Å². The van der Waals surface area contributed by atoms with E-state index < -0.39 is 0 Å². The highest BCUT2D eigenvalue weighted by atomic mass is 35.5. The number of carbonyl (C=O) groups excluding carboxylic acids is 1. The van der Waals surface area contributed by atoms with E-state index in [1.165, 1.54) is 0 Å². The molecule has 0 radical (unpaired) electrons. The van der Waals surface area contributed by atoms with E-state index in [9.17, 15) is 4.79 Å². The minimum absolute atomic E-state index is 0.0784. The third-order valence-electron chi connectivity index (χ3n) is 3.65. The van der Waals surface area contributed by atoms with Crippen molar-refractivity contribution in [3.05, 3.63) is 23.2 Å². The lowest BCUT2D eigenvalue weighted by molar-refractivity contribution is -0.126. The van der Waals surface area contributed by atoms with Crippen molar-refractivity contribution in [1.82, 2.24) is 4.90 Å². The monoisotopic (exact) mass is 311 g/mol. The summed E-state index contributed by atoms with van der Waals surface area (Å²) in [7, 11) is 0. The number of halogens is 1. The van der Waals surface area contributed by atoms with Gasteiger partial charge in [-0.1, -0.05) is 11.6 Å². The number of ether oxygens (including phenoxy) is 1. The molecular weight excluding hydrogens is 290 g/mol. The Balaban J connectivity index is 2.02. The molecule has 3 N–H and O–H groups in total. The molecule has 0 saturated carbocycles. The van der Waals surface area contributed by atoms with Crippen LogP contribution in [0.15, 0.2) is 18.2 Å². The molecule has 1 amide bonds. The Labute approximate surface area is 130 Å². The summed E-state index contributed by atoms with van der Waals surface area (Å²) in [5.74, 6) is -0.0784. The van der Waals surface area contributed by atoms with Gasteiger partial charge in [0.25, 0.3) is 0 Å². The molecule has 0 aromatic heterocycles. The first-order valence-electron chi connectivity index (χ1n) is 7.12. The second-order valence-electron chi connectivity index (χ2n) is 5.61. The quantitative estimate of drug-likeness (QED) is 0.841. The Morgan fingerprint density at radius 3 is 2.62 bits per heavy atom. The predicted molar refractivity (Wildman–Crippen MR) is 85.5 cm³/mol. The van der Waals surface area contributed by atoms with Crippen LogP contribution < -0.4 is 11.1 Å². The van der Waals surface area contributed by atoms with Crippen molar-refractivity contribution in [2.45, 2.75) is 39.0 Å². The van der Waals surface area contributed by atoms with Gasteiger partial charge in [0.15, 0.2) is 0 Å². The summed E-state index contributed by atoms with van der Waals surface area (Å²) in [6, 6.07) is 4.80. The number of hydrogen-bond donors (Lipinski definition) is 2. The Kier molecular flexibility index (Phi) is 5.08. The fraction of sp³-hybridized carbons (Fsp3) is 0.533. The molecule has 1 saturated heterocycles. The molecular formula is C15H22ClN3O2. The maximum absolute atomic E-state index is 12.4. The van der Waals surface area contributed by atoms with Crippen LogP contribution >= 0.6 is 11.6 Å². The van der Waals surface area contributed by atoms with Gasteiger partial charge in [0.1, 0.15) is 0 Å². The van der Waals surface area contributed by atoms with Gasteiger partial charge in [-0.2, -0.15) is 0 Å². The van der Waals surface area contributed by atoms with Crippen molar-refractivity contribution in [2.75, 3.05) is 24.1 Å². The number of nitrogens with zero attached hydrogens (tertiary/aromatic N) is 1. The average molecular weight is 312 g/mol. The van der Waals surface area contributed by atoms with E-state index >= 15 is 0 Å². The lowest BCUT2D eigenvalue weighted by Gasteiger charge is -2.38. The Morgan fingerprint density at radius 1 is 1.43 bits per heavy atom. The highest BCUT2D eigenvalue weighted by molar-refractivity contribution is 6.31. The summed E-state index contributed by atoms with van der Waals surface area (Å²) in [5.41, 5.74) is 6.91. The van der Waals surface area contributed by atoms with E-state index in [1.54, 1.807) is 18.2 Å². The second-order valence-corrected chi connectivity index (χ2v) is 6.04. The molecule has 1 heterocycles. The second kappa shape index (κ2) is 6.64. The van der Waals surface area contributed by atoms with Crippen LogP contribution in [0, 0.1) is 0 Å². The molecule has 0 spiro atoms. The van der Waals surface area contributed by atoms with Crippen LogP contribution in [0.3, 0.4) is 0 Å². The van der Waals surface area contributed by atoms with Crippen LogP contribution in [0.25, 0.3) is 0 Å². The van der Waals surface area contributed by atoms with Gasteiger partial charge in [-0.15, -0.1) is 0 Å². The predicted octanol–water partition coefficient (Wildman–Crippen LogP) is 2.36. The van der Waals surface area contributed by atoms with Gasteiger partial charge >= 0.3 is 0 Å². The molecule has 1 fully saturated rings. The summed E-state index contributed by atoms with van der Waals surface area (Å²) in [6.45, 7) is 7.42. The molecule has 0 aliphatic carbocycles. The lowest BCUT2D eigenvalue weighted by Crippen LogP contribution is -2.52. The summed E-state index contributed by atoms with van der Waals surface area (Å²) in [6.07, 6.45) is 0.259.